The van der Waals surface area contributed by atoms with Crippen LogP contribution in [0.3, 0.4) is 0 Å². The van der Waals surface area contributed by atoms with Crippen molar-refractivity contribution in [2.45, 2.75) is 33.3 Å². The van der Waals surface area contributed by atoms with Crippen LogP contribution in [-0.2, 0) is 9.57 Å². The second kappa shape index (κ2) is 7.79. The number of para-hydroxylation sites is 2. The summed E-state index contributed by atoms with van der Waals surface area (Å²) in [5.74, 6) is 1.52. The molecule has 0 aliphatic rings. The molecule has 0 N–H and O–H groups in total. The van der Waals surface area contributed by atoms with Gasteiger partial charge in [0.05, 0.1) is 11.3 Å². The number of benzene rings is 2. The van der Waals surface area contributed by atoms with E-state index in [-0.39, 0.29) is 12.4 Å². The van der Waals surface area contributed by atoms with Gasteiger partial charge in [-0.2, -0.15) is 0 Å². The highest BCUT2D eigenvalue weighted by atomic mass is 16.7. The summed E-state index contributed by atoms with van der Waals surface area (Å²) in [4.78, 5) is 5.24. The fraction of sp³-hybridized carbons (Fsp3) is 0.316. The van der Waals surface area contributed by atoms with Crippen LogP contribution in [0.1, 0.15) is 33.3 Å². The van der Waals surface area contributed by atoms with E-state index in [0.717, 1.165) is 22.8 Å². The molecule has 0 aromatic heterocycles. The van der Waals surface area contributed by atoms with Gasteiger partial charge in [0, 0.05) is 5.56 Å². The van der Waals surface area contributed by atoms with Gasteiger partial charge in [-0.1, -0.05) is 35.5 Å². The molecular formula is C19H23NO3. The van der Waals surface area contributed by atoms with Crippen LogP contribution in [0, 0.1) is 0 Å². The highest BCUT2D eigenvalue weighted by molar-refractivity contribution is 6.00. The van der Waals surface area contributed by atoms with Crippen LogP contribution in [0.4, 0.5) is 0 Å². The van der Waals surface area contributed by atoms with Gasteiger partial charge in [-0.15, -0.1) is 0 Å². The van der Waals surface area contributed by atoms with Gasteiger partial charge in [0.1, 0.15) is 11.5 Å². The van der Waals surface area contributed by atoms with Crippen molar-refractivity contribution >= 4 is 5.71 Å². The first-order chi connectivity index (χ1) is 11.0. The molecule has 2 aromatic rings. The van der Waals surface area contributed by atoms with E-state index in [1.54, 1.807) is 0 Å². The molecule has 0 heterocycles. The minimum absolute atomic E-state index is 0.114. The average molecular weight is 313 g/mol. The van der Waals surface area contributed by atoms with E-state index < -0.39 is 0 Å². The maximum absolute atomic E-state index is 5.92. The summed E-state index contributed by atoms with van der Waals surface area (Å²) >= 11 is 0. The quantitative estimate of drug-likeness (QED) is 0.326. The molecule has 23 heavy (non-hydrogen) atoms. The van der Waals surface area contributed by atoms with Crippen molar-refractivity contribution in [3.63, 3.8) is 0 Å². The zero-order valence-electron chi connectivity index (χ0n) is 14.1. The molecule has 0 saturated heterocycles. The Labute approximate surface area is 137 Å². The van der Waals surface area contributed by atoms with E-state index in [9.17, 15) is 0 Å². The maximum atomic E-state index is 5.92. The van der Waals surface area contributed by atoms with Crippen LogP contribution >= 0.6 is 0 Å². The van der Waals surface area contributed by atoms with Crippen LogP contribution in [-0.4, -0.2) is 18.1 Å². The minimum Gasteiger partial charge on any atom is -0.457 e. The zero-order chi connectivity index (χ0) is 16.7. The largest absolute Gasteiger partial charge is 0.457 e. The zero-order valence-corrected chi connectivity index (χ0v) is 14.1. The van der Waals surface area contributed by atoms with Crippen molar-refractivity contribution in [1.82, 2.24) is 0 Å². The van der Waals surface area contributed by atoms with E-state index in [1.165, 1.54) is 0 Å². The summed E-state index contributed by atoms with van der Waals surface area (Å²) in [5, 5.41) is 4.11. The molecule has 0 unspecified atom stereocenters. The number of ether oxygens (including phenoxy) is 2. The van der Waals surface area contributed by atoms with E-state index in [1.807, 2.05) is 82.3 Å². The Morgan fingerprint density at radius 1 is 0.957 bits per heavy atom. The van der Waals surface area contributed by atoms with E-state index in [4.69, 9.17) is 14.3 Å². The van der Waals surface area contributed by atoms with Gasteiger partial charge in [0.25, 0.3) is 0 Å². The van der Waals surface area contributed by atoms with Crippen molar-refractivity contribution in [2.75, 3.05) is 6.79 Å². The third-order valence-electron chi connectivity index (χ3n) is 2.99. The van der Waals surface area contributed by atoms with Crippen molar-refractivity contribution in [2.24, 2.45) is 5.16 Å². The molecule has 122 valence electrons. The Morgan fingerprint density at radius 2 is 1.61 bits per heavy atom. The normalized spacial score (nSPS) is 12.1. The predicted molar refractivity (Wildman–Crippen MR) is 92.0 cm³/mol. The Bertz CT molecular complexity index is 645. The summed E-state index contributed by atoms with van der Waals surface area (Å²) < 4.78 is 11.4. The van der Waals surface area contributed by atoms with Crippen LogP contribution in [0.15, 0.2) is 59.8 Å². The summed E-state index contributed by atoms with van der Waals surface area (Å²) in [7, 11) is 0. The molecule has 0 atom stereocenters. The van der Waals surface area contributed by atoms with Crippen molar-refractivity contribution in [1.29, 1.82) is 0 Å². The first kappa shape index (κ1) is 17.0. The molecule has 0 amide bonds. The van der Waals surface area contributed by atoms with E-state index in [0.29, 0.717) is 0 Å². The summed E-state index contributed by atoms with van der Waals surface area (Å²) in [6.45, 7) is 7.90. The lowest BCUT2D eigenvalue weighted by molar-refractivity contribution is -0.119. The lowest BCUT2D eigenvalue weighted by Gasteiger charge is -2.18. The molecule has 4 nitrogen and oxygen atoms in total. The topological polar surface area (TPSA) is 40.0 Å². The molecule has 2 rings (SSSR count). The highest BCUT2D eigenvalue weighted by Crippen LogP contribution is 2.25. The van der Waals surface area contributed by atoms with Crippen LogP contribution < -0.4 is 4.74 Å². The van der Waals surface area contributed by atoms with Gasteiger partial charge < -0.3 is 14.3 Å². The summed E-state index contributed by atoms with van der Waals surface area (Å²) in [6, 6.07) is 17.4. The predicted octanol–water partition coefficient (Wildman–Crippen LogP) is 4.99. The van der Waals surface area contributed by atoms with Gasteiger partial charge in [-0.25, -0.2) is 0 Å². The van der Waals surface area contributed by atoms with Gasteiger partial charge in [-0.05, 0) is 52.0 Å². The molecular weight excluding hydrogens is 290 g/mol. The molecule has 0 radical (unpaired) electrons. The fourth-order valence-electron chi connectivity index (χ4n) is 1.85. The minimum atomic E-state index is -0.252. The fourth-order valence-corrected chi connectivity index (χ4v) is 1.85. The van der Waals surface area contributed by atoms with Crippen LogP contribution in [0.2, 0.25) is 0 Å². The second-order valence-corrected chi connectivity index (χ2v) is 6.09. The number of hydrogen-bond acceptors (Lipinski definition) is 4. The number of hydrogen-bond donors (Lipinski definition) is 0. The molecule has 0 spiro atoms. The second-order valence-electron chi connectivity index (χ2n) is 6.09. The SMILES string of the molecule is C/C(=N\OCOC(C)(C)C)c1ccccc1Oc1ccccc1. The van der Waals surface area contributed by atoms with E-state index in [2.05, 4.69) is 5.16 Å². The molecule has 0 bridgehead atoms. The molecule has 0 aliphatic heterocycles. The summed E-state index contributed by atoms with van der Waals surface area (Å²) in [6.07, 6.45) is 0. The standard InChI is InChI=1S/C19H23NO3/c1-15(20-22-14-21-19(2,3)4)17-12-8-9-13-18(17)23-16-10-6-5-7-11-16/h5-13H,14H2,1-4H3/b20-15+. The van der Waals surface area contributed by atoms with Crippen molar-refractivity contribution in [3.8, 4) is 11.5 Å². The van der Waals surface area contributed by atoms with Gasteiger partial charge in [0.15, 0.2) is 0 Å². The van der Waals surface area contributed by atoms with Gasteiger partial charge in [-0.3, -0.25) is 0 Å². The Kier molecular flexibility index (Phi) is 5.77. The average Bonchev–Trinajstić information content (AvgIpc) is 2.52. The smallest absolute Gasteiger partial charge is 0.217 e. The van der Waals surface area contributed by atoms with Crippen LogP contribution in [0.5, 0.6) is 11.5 Å². The van der Waals surface area contributed by atoms with Gasteiger partial charge in [0.2, 0.25) is 6.79 Å². The van der Waals surface area contributed by atoms with E-state index >= 15 is 0 Å². The van der Waals surface area contributed by atoms with Gasteiger partial charge >= 0.3 is 0 Å². The number of oxime groups is 1. The molecule has 0 saturated carbocycles. The number of rotatable bonds is 6. The lowest BCUT2D eigenvalue weighted by atomic mass is 10.1. The Hall–Kier alpha value is -2.33. The first-order valence-corrected chi connectivity index (χ1v) is 7.58. The molecule has 0 aliphatic carbocycles. The maximum Gasteiger partial charge on any atom is 0.217 e. The third kappa shape index (κ3) is 5.75. The summed E-state index contributed by atoms with van der Waals surface area (Å²) in [5.41, 5.74) is 1.36. The monoisotopic (exact) mass is 313 g/mol. The lowest BCUT2D eigenvalue weighted by Crippen LogP contribution is -2.20. The molecule has 4 heteroatoms. The third-order valence-corrected chi connectivity index (χ3v) is 2.99. The van der Waals surface area contributed by atoms with Crippen LogP contribution in [0.25, 0.3) is 0 Å². The molecule has 2 aromatic carbocycles. The number of nitrogens with zero attached hydrogens (tertiary/aromatic N) is 1. The molecule has 0 fully saturated rings. The Balaban J connectivity index is 2.07. The Morgan fingerprint density at radius 3 is 2.30 bits per heavy atom. The highest BCUT2D eigenvalue weighted by Gasteiger charge is 2.10. The first-order valence-electron chi connectivity index (χ1n) is 7.58. The van der Waals surface area contributed by atoms with Crippen molar-refractivity contribution < 1.29 is 14.3 Å². The van der Waals surface area contributed by atoms with Crippen molar-refractivity contribution in [3.05, 3.63) is 60.2 Å².